The van der Waals surface area contributed by atoms with Crippen LogP contribution in [0, 0.1) is 5.41 Å². The summed E-state index contributed by atoms with van der Waals surface area (Å²) in [4.78, 5) is 0.429. The molecule has 1 fully saturated rings. The number of anilines is 1. The van der Waals surface area contributed by atoms with Gasteiger partial charge in [-0.25, -0.2) is 8.42 Å². The summed E-state index contributed by atoms with van der Waals surface area (Å²) in [6.45, 7) is 5.13. The van der Waals surface area contributed by atoms with Crippen molar-refractivity contribution >= 4 is 15.5 Å². The molecule has 0 bridgehead atoms. The third kappa shape index (κ3) is 3.35. The maximum absolute atomic E-state index is 11.9. The lowest BCUT2D eigenvalue weighted by Gasteiger charge is -2.41. The number of hydrogen-bond acceptors (Lipinski definition) is 3. The molecular weight excluding hydrogens is 270 g/mol. The van der Waals surface area contributed by atoms with Gasteiger partial charge in [-0.3, -0.25) is 0 Å². The van der Waals surface area contributed by atoms with Crippen molar-refractivity contribution in [3.05, 3.63) is 24.3 Å². The second-order valence-electron chi connectivity index (χ2n) is 5.90. The Balaban J connectivity index is 1.98. The van der Waals surface area contributed by atoms with Crippen molar-refractivity contribution < 1.29 is 8.42 Å². The molecule has 0 radical (unpaired) electrons. The molecule has 1 aromatic carbocycles. The quantitative estimate of drug-likeness (QED) is 0.830. The zero-order valence-electron chi connectivity index (χ0n) is 12.5. The first-order valence-electron chi connectivity index (χ1n) is 7.58. The third-order valence-corrected chi connectivity index (χ3v) is 6.45. The summed E-state index contributed by atoms with van der Waals surface area (Å²) in [5, 5.41) is 3.45. The Labute approximate surface area is 122 Å². The first kappa shape index (κ1) is 15.4. The van der Waals surface area contributed by atoms with Crippen molar-refractivity contribution in [2.75, 3.05) is 17.6 Å². The Morgan fingerprint density at radius 3 is 2.25 bits per heavy atom. The Bertz CT molecular complexity index is 525. The van der Waals surface area contributed by atoms with Crippen molar-refractivity contribution in [1.29, 1.82) is 0 Å². The van der Waals surface area contributed by atoms with Crippen LogP contribution in [0.1, 0.15) is 46.0 Å². The molecule has 0 aliphatic heterocycles. The second-order valence-corrected chi connectivity index (χ2v) is 8.01. The van der Waals surface area contributed by atoms with Gasteiger partial charge in [0.05, 0.1) is 10.6 Å². The maximum Gasteiger partial charge on any atom is 0.178 e. The molecule has 1 aliphatic rings. The number of hydrogen-bond donors (Lipinski definition) is 1. The predicted molar refractivity (Wildman–Crippen MR) is 83.9 cm³/mol. The lowest BCUT2D eigenvalue weighted by Crippen LogP contribution is -2.35. The van der Waals surface area contributed by atoms with Gasteiger partial charge >= 0.3 is 0 Å². The average molecular weight is 295 g/mol. The Morgan fingerprint density at radius 1 is 1.15 bits per heavy atom. The molecule has 1 aromatic rings. The molecule has 4 heteroatoms. The molecule has 0 saturated heterocycles. The summed E-state index contributed by atoms with van der Waals surface area (Å²) in [7, 11) is -3.10. The molecule has 1 saturated carbocycles. The first-order chi connectivity index (χ1) is 9.51. The van der Waals surface area contributed by atoms with Crippen LogP contribution in [0.4, 0.5) is 5.69 Å². The molecule has 0 unspecified atom stereocenters. The van der Waals surface area contributed by atoms with E-state index in [0.29, 0.717) is 16.7 Å². The third-order valence-electron chi connectivity index (χ3n) is 4.52. The minimum absolute atomic E-state index is 0.221. The summed E-state index contributed by atoms with van der Waals surface area (Å²) in [6, 6.07) is 7.19. The summed E-state index contributed by atoms with van der Waals surface area (Å²) >= 11 is 0. The fourth-order valence-corrected chi connectivity index (χ4v) is 4.11. The second kappa shape index (κ2) is 6.17. The zero-order valence-corrected chi connectivity index (χ0v) is 13.3. The molecule has 1 N–H and O–H groups in total. The topological polar surface area (TPSA) is 46.2 Å². The number of sulfone groups is 1. The molecule has 0 heterocycles. The van der Waals surface area contributed by atoms with Crippen LogP contribution in [0.2, 0.25) is 0 Å². The monoisotopic (exact) mass is 295 g/mol. The van der Waals surface area contributed by atoms with E-state index < -0.39 is 9.84 Å². The molecule has 0 spiro atoms. The van der Waals surface area contributed by atoms with Gasteiger partial charge < -0.3 is 5.32 Å². The lowest BCUT2D eigenvalue weighted by atomic mass is 9.67. The zero-order chi connectivity index (χ0) is 14.6. The minimum Gasteiger partial charge on any atom is -0.384 e. The van der Waals surface area contributed by atoms with Gasteiger partial charge in [0.2, 0.25) is 0 Å². The summed E-state index contributed by atoms with van der Waals surface area (Å²) in [6.07, 6.45) is 5.81. The first-order valence-corrected chi connectivity index (χ1v) is 9.23. The van der Waals surface area contributed by atoms with E-state index in [4.69, 9.17) is 0 Å². The Kier molecular flexibility index (Phi) is 4.74. The molecule has 112 valence electrons. The highest BCUT2D eigenvalue weighted by atomic mass is 32.2. The van der Waals surface area contributed by atoms with Crippen molar-refractivity contribution in [2.45, 2.75) is 50.8 Å². The van der Waals surface area contributed by atoms with Gasteiger partial charge in [-0.05, 0) is 55.4 Å². The smallest absolute Gasteiger partial charge is 0.178 e. The van der Waals surface area contributed by atoms with Gasteiger partial charge in [0.25, 0.3) is 0 Å². The van der Waals surface area contributed by atoms with Gasteiger partial charge in [-0.15, -0.1) is 0 Å². The van der Waals surface area contributed by atoms with Crippen LogP contribution in [0.25, 0.3) is 0 Å². The number of rotatable bonds is 7. The fourth-order valence-electron chi connectivity index (χ4n) is 2.79. The highest BCUT2D eigenvalue weighted by Gasteiger charge is 2.34. The normalized spacial score (nSPS) is 17.5. The minimum atomic E-state index is -3.10. The van der Waals surface area contributed by atoms with Gasteiger partial charge in [-0.1, -0.05) is 20.3 Å². The largest absolute Gasteiger partial charge is 0.384 e. The Morgan fingerprint density at radius 2 is 1.80 bits per heavy atom. The predicted octanol–water partition coefficient (Wildman–Crippen LogP) is 3.86. The molecule has 20 heavy (non-hydrogen) atoms. The summed E-state index contributed by atoms with van der Waals surface area (Å²) < 4.78 is 23.9. The van der Waals surface area contributed by atoms with Crippen LogP contribution in [0.15, 0.2) is 29.2 Å². The van der Waals surface area contributed by atoms with E-state index in [2.05, 4.69) is 12.2 Å². The van der Waals surface area contributed by atoms with Crippen LogP contribution in [-0.4, -0.2) is 20.7 Å². The van der Waals surface area contributed by atoms with E-state index >= 15 is 0 Å². The SMILES string of the molecule is CCCS(=O)(=O)c1ccc(NCC2(CC)CCC2)cc1. The van der Waals surface area contributed by atoms with Crippen LogP contribution < -0.4 is 5.32 Å². The summed E-state index contributed by atoms with van der Waals surface area (Å²) in [5.74, 6) is 0.221. The van der Waals surface area contributed by atoms with E-state index in [-0.39, 0.29) is 5.75 Å². The van der Waals surface area contributed by atoms with Gasteiger partial charge in [0.15, 0.2) is 9.84 Å². The van der Waals surface area contributed by atoms with Crippen molar-refractivity contribution in [1.82, 2.24) is 0 Å². The number of nitrogens with one attached hydrogen (secondary N) is 1. The van der Waals surface area contributed by atoms with Crippen LogP contribution >= 0.6 is 0 Å². The molecule has 0 aromatic heterocycles. The molecule has 1 aliphatic carbocycles. The van der Waals surface area contributed by atoms with Gasteiger partial charge in [-0.2, -0.15) is 0 Å². The molecule has 0 amide bonds. The van der Waals surface area contributed by atoms with Crippen LogP contribution in [0.5, 0.6) is 0 Å². The fraction of sp³-hybridized carbons (Fsp3) is 0.625. The maximum atomic E-state index is 11.9. The van der Waals surface area contributed by atoms with Gasteiger partial charge in [0, 0.05) is 12.2 Å². The highest BCUT2D eigenvalue weighted by molar-refractivity contribution is 7.91. The molecule has 2 rings (SSSR count). The Hall–Kier alpha value is -1.03. The molecular formula is C16H25NO2S. The van der Waals surface area contributed by atoms with Crippen molar-refractivity contribution in [3.8, 4) is 0 Å². The summed E-state index contributed by atoms with van der Waals surface area (Å²) in [5.41, 5.74) is 1.48. The van der Waals surface area contributed by atoms with Crippen molar-refractivity contribution in [2.24, 2.45) is 5.41 Å². The van der Waals surface area contributed by atoms with E-state index in [1.807, 2.05) is 19.1 Å². The van der Waals surface area contributed by atoms with E-state index in [1.54, 1.807) is 12.1 Å². The highest BCUT2D eigenvalue weighted by Crippen LogP contribution is 2.43. The van der Waals surface area contributed by atoms with E-state index in [1.165, 1.54) is 25.7 Å². The van der Waals surface area contributed by atoms with E-state index in [9.17, 15) is 8.42 Å². The van der Waals surface area contributed by atoms with Gasteiger partial charge in [0.1, 0.15) is 0 Å². The van der Waals surface area contributed by atoms with Crippen LogP contribution in [0.3, 0.4) is 0 Å². The number of benzene rings is 1. The van der Waals surface area contributed by atoms with Crippen LogP contribution in [-0.2, 0) is 9.84 Å². The van der Waals surface area contributed by atoms with Crippen molar-refractivity contribution in [3.63, 3.8) is 0 Å². The lowest BCUT2D eigenvalue weighted by molar-refractivity contribution is 0.145. The standard InChI is InChI=1S/C16H25NO2S/c1-3-12-20(18,19)15-8-6-14(7-9-15)17-13-16(4-2)10-5-11-16/h6-9,17H,3-5,10-13H2,1-2H3. The molecule has 0 atom stereocenters. The van der Waals surface area contributed by atoms with E-state index in [0.717, 1.165) is 12.2 Å². The molecule has 3 nitrogen and oxygen atoms in total. The average Bonchev–Trinajstić information content (AvgIpc) is 2.38.